The first-order valence-corrected chi connectivity index (χ1v) is 8.17. The SMILES string of the molecule is NC1=N[C@](CF)(c2cc(Cc3ncccc3F)ccc2F)C[C@@H](C(F)(F)F)O1. The van der Waals surface area contributed by atoms with Gasteiger partial charge >= 0.3 is 6.18 Å². The molecule has 150 valence electrons. The van der Waals surface area contributed by atoms with Crippen LogP contribution in [0.5, 0.6) is 0 Å². The Bertz CT molecular complexity index is 901. The molecule has 0 spiro atoms. The van der Waals surface area contributed by atoms with Gasteiger partial charge in [-0.2, -0.15) is 13.2 Å². The molecule has 0 fully saturated rings. The maximum Gasteiger partial charge on any atom is 0.425 e. The van der Waals surface area contributed by atoms with Gasteiger partial charge in [0, 0.05) is 24.6 Å². The van der Waals surface area contributed by atoms with E-state index >= 15 is 0 Å². The number of nitrogens with zero attached hydrogens (tertiary/aromatic N) is 2. The molecule has 0 bridgehead atoms. The van der Waals surface area contributed by atoms with E-state index in [1.165, 1.54) is 24.4 Å². The summed E-state index contributed by atoms with van der Waals surface area (Å²) < 4.78 is 86.0. The standard InChI is InChI=1S/C18H15F6N3O/c19-9-17(8-15(18(22,23)24)28-16(25)27-17)11-6-10(3-4-12(11)20)7-14-13(21)2-1-5-26-14/h1-6,15H,7-9H2,(H2,25,27)/t15-,17+/m0/s1. The van der Waals surface area contributed by atoms with E-state index in [0.29, 0.717) is 5.56 Å². The third-order valence-electron chi connectivity index (χ3n) is 4.43. The van der Waals surface area contributed by atoms with Crippen LogP contribution in [0.1, 0.15) is 23.2 Å². The van der Waals surface area contributed by atoms with Crippen LogP contribution in [0.15, 0.2) is 41.5 Å². The zero-order valence-corrected chi connectivity index (χ0v) is 14.3. The van der Waals surface area contributed by atoms with Crippen LogP contribution in [0, 0.1) is 11.6 Å². The molecule has 0 amide bonds. The van der Waals surface area contributed by atoms with Crippen LogP contribution in [-0.2, 0) is 16.7 Å². The minimum Gasteiger partial charge on any atom is -0.452 e. The number of alkyl halides is 4. The lowest BCUT2D eigenvalue weighted by Gasteiger charge is -2.36. The number of aromatic nitrogens is 1. The molecule has 0 unspecified atom stereocenters. The van der Waals surface area contributed by atoms with Gasteiger partial charge in [0.25, 0.3) is 6.02 Å². The molecule has 1 aromatic heterocycles. The van der Waals surface area contributed by atoms with Crippen molar-refractivity contribution in [1.29, 1.82) is 0 Å². The second-order valence-electron chi connectivity index (χ2n) is 6.39. The van der Waals surface area contributed by atoms with E-state index in [2.05, 4.69) is 14.7 Å². The lowest BCUT2D eigenvalue weighted by Crippen LogP contribution is -2.48. The molecule has 1 aliphatic rings. The normalized spacial score (nSPS) is 22.5. The monoisotopic (exact) mass is 403 g/mol. The van der Waals surface area contributed by atoms with E-state index in [1.807, 2.05) is 0 Å². The van der Waals surface area contributed by atoms with E-state index in [1.54, 1.807) is 0 Å². The molecule has 10 heteroatoms. The van der Waals surface area contributed by atoms with Gasteiger partial charge in [0.2, 0.25) is 0 Å². The van der Waals surface area contributed by atoms with Crippen molar-refractivity contribution >= 4 is 6.02 Å². The van der Waals surface area contributed by atoms with E-state index in [0.717, 1.165) is 12.1 Å². The Hall–Kier alpha value is -2.78. The van der Waals surface area contributed by atoms with E-state index in [4.69, 9.17) is 5.73 Å². The smallest absolute Gasteiger partial charge is 0.425 e. The number of hydrogen-bond donors (Lipinski definition) is 1. The minimum atomic E-state index is -4.84. The topological polar surface area (TPSA) is 60.5 Å². The Balaban J connectivity index is 2.03. The van der Waals surface area contributed by atoms with Crippen LogP contribution >= 0.6 is 0 Å². The van der Waals surface area contributed by atoms with Gasteiger partial charge in [0.05, 0.1) is 5.69 Å². The molecule has 0 saturated carbocycles. The van der Waals surface area contributed by atoms with Crippen LogP contribution < -0.4 is 5.73 Å². The van der Waals surface area contributed by atoms with Gasteiger partial charge in [-0.25, -0.2) is 18.2 Å². The van der Waals surface area contributed by atoms with Gasteiger partial charge in [0.15, 0.2) is 6.10 Å². The lowest BCUT2D eigenvalue weighted by atomic mass is 9.83. The largest absolute Gasteiger partial charge is 0.452 e. The van der Waals surface area contributed by atoms with Gasteiger partial charge in [-0.1, -0.05) is 6.07 Å². The van der Waals surface area contributed by atoms with Crippen molar-refractivity contribution in [3.05, 3.63) is 65.0 Å². The van der Waals surface area contributed by atoms with Gasteiger partial charge in [0.1, 0.15) is 23.8 Å². The summed E-state index contributed by atoms with van der Waals surface area (Å²) in [7, 11) is 0. The number of pyridine rings is 1. The van der Waals surface area contributed by atoms with Gasteiger partial charge in [-0.3, -0.25) is 4.98 Å². The predicted molar refractivity (Wildman–Crippen MR) is 88.2 cm³/mol. The van der Waals surface area contributed by atoms with Crippen molar-refractivity contribution in [2.45, 2.75) is 30.7 Å². The number of nitrogens with two attached hydrogens (primary N) is 1. The highest BCUT2D eigenvalue weighted by Crippen LogP contribution is 2.41. The molecule has 2 aromatic rings. The van der Waals surface area contributed by atoms with E-state index < -0.39 is 54.1 Å². The van der Waals surface area contributed by atoms with Crippen LogP contribution in [-0.4, -0.2) is 30.0 Å². The highest BCUT2D eigenvalue weighted by Gasteiger charge is 2.52. The summed E-state index contributed by atoms with van der Waals surface area (Å²) in [6.07, 6.45) is -6.96. The molecule has 3 rings (SSSR count). The number of halogens is 6. The zero-order chi connectivity index (χ0) is 20.5. The summed E-state index contributed by atoms with van der Waals surface area (Å²) in [5, 5.41) is 0. The Labute approximate surface area is 156 Å². The zero-order valence-electron chi connectivity index (χ0n) is 14.3. The van der Waals surface area contributed by atoms with Crippen LogP contribution in [0.3, 0.4) is 0 Å². The van der Waals surface area contributed by atoms with Crippen LogP contribution in [0.25, 0.3) is 0 Å². The Morgan fingerprint density at radius 3 is 2.57 bits per heavy atom. The fourth-order valence-corrected chi connectivity index (χ4v) is 3.07. The summed E-state index contributed by atoms with van der Waals surface area (Å²) in [4.78, 5) is 7.53. The van der Waals surface area contributed by atoms with Gasteiger partial charge in [-0.15, -0.1) is 0 Å². The van der Waals surface area contributed by atoms with Crippen LogP contribution in [0.4, 0.5) is 26.3 Å². The molecule has 0 aliphatic carbocycles. The van der Waals surface area contributed by atoms with Crippen molar-refractivity contribution in [3.8, 4) is 0 Å². The summed E-state index contributed by atoms with van der Waals surface area (Å²) in [6, 6.07) is 5.13. The Kier molecular flexibility index (Phi) is 5.22. The summed E-state index contributed by atoms with van der Waals surface area (Å²) >= 11 is 0. The molecule has 1 aliphatic heterocycles. The number of aliphatic imine (C=N–C) groups is 1. The Morgan fingerprint density at radius 1 is 1.18 bits per heavy atom. The third-order valence-corrected chi connectivity index (χ3v) is 4.43. The molecule has 4 nitrogen and oxygen atoms in total. The summed E-state index contributed by atoms with van der Waals surface area (Å²) in [5.41, 5.74) is 3.08. The quantitative estimate of drug-likeness (QED) is 0.791. The first kappa shape index (κ1) is 20.0. The number of amidine groups is 1. The number of ether oxygens (including phenoxy) is 1. The maximum absolute atomic E-state index is 14.5. The molecular formula is C18H15F6N3O. The van der Waals surface area contributed by atoms with E-state index in [-0.39, 0.29) is 12.1 Å². The van der Waals surface area contributed by atoms with E-state index in [9.17, 15) is 26.3 Å². The van der Waals surface area contributed by atoms with Crippen molar-refractivity contribution < 1.29 is 31.1 Å². The number of hydrogen-bond acceptors (Lipinski definition) is 4. The first-order valence-electron chi connectivity index (χ1n) is 8.17. The average molecular weight is 403 g/mol. The highest BCUT2D eigenvalue weighted by molar-refractivity contribution is 5.73. The average Bonchev–Trinajstić information content (AvgIpc) is 2.63. The van der Waals surface area contributed by atoms with Gasteiger partial charge in [-0.05, 0) is 29.8 Å². The fraction of sp³-hybridized carbons (Fsp3) is 0.333. The molecule has 0 radical (unpaired) electrons. The molecule has 28 heavy (non-hydrogen) atoms. The number of rotatable bonds is 4. The second kappa shape index (κ2) is 7.33. The second-order valence-corrected chi connectivity index (χ2v) is 6.39. The van der Waals surface area contributed by atoms with Crippen molar-refractivity contribution in [1.82, 2.24) is 4.98 Å². The van der Waals surface area contributed by atoms with Crippen LogP contribution in [0.2, 0.25) is 0 Å². The van der Waals surface area contributed by atoms with Crippen molar-refractivity contribution in [2.75, 3.05) is 6.67 Å². The van der Waals surface area contributed by atoms with Crippen molar-refractivity contribution in [3.63, 3.8) is 0 Å². The predicted octanol–water partition coefficient (Wildman–Crippen LogP) is 3.78. The first-order chi connectivity index (χ1) is 13.1. The molecule has 1 aromatic carbocycles. The molecule has 2 atom stereocenters. The summed E-state index contributed by atoms with van der Waals surface area (Å²) in [6.45, 7) is -1.43. The number of benzene rings is 1. The van der Waals surface area contributed by atoms with Crippen molar-refractivity contribution in [2.24, 2.45) is 10.7 Å². The lowest BCUT2D eigenvalue weighted by molar-refractivity contribution is -0.209. The third kappa shape index (κ3) is 3.90. The fourth-order valence-electron chi connectivity index (χ4n) is 3.07. The minimum absolute atomic E-state index is 0.0533. The molecular weight excluding hydrogens is 388 g/mol. The molecule has 0 saturated heterocycles. The molecule has 2 N–H and O–H groups in total. The Morgan fingerprint density at radius 2 is 1.93 bits per heavy atom. The summed E-state index contributed by atoms with van der Waals surface area (Å²) in [5.74, 6) is -1.55. The maximum atomic E-state index is 14.5. The van der Waals surface area contributed by atoms with Gasteiger partial charge < -0.3 is 10.5 Å². The molecule has 2 heterocycles. The highest BCUT2D eigenvalue weighted by atomic mass is 19.4.